The predicted molar refractivity (Wildman–Crippen MR) is 74.9 cm³/mol. The van der Waals surface area contributed by atoms with E-state index in [1.807, 2.05) is 6.07 Å². The summed E-state index contributed by atoms with van der Waals surface area (Å²) in [6.07, 6.45) is 0.300. The van der Waals surface area contributed by atoms with Crippen molar-refractivity contribution in [2.24, 2.45) is 5.14 Å². The number of hydrogen-bond acceptors (Lipinski definition) is 4. The van der Waals surface area contributed by atoms with E-state index >= 15 is 0 Å². The van der Waals surface area contributed by atoms with Crippen molar-refractivity contribution >= 4 is 21.6 Å². The smallest absolute Gasteiger partial charge is 0.227 e. The van der Waals surface area contributed by atoms with Crippen molar-refractivity contribution in [2.45, 2.75) is 19.3 Å². The predicted octanol–water partition coefficient (Wildman–Crippen LogP) is 0.167. The number of benzene rings is 1. The van der Waals surface area contributed by atoms with Crippen LogP contribution in [0, 0.1) is 0 Å². The third-order valence-corrected chi connectivity index (χ3v) is 3.57. The third kappa shape index (κ3) is 5.71. The van der Waals surface area contributed by atoms with Crippen molar-refractivity contribution in [2.75, 3.05) is 18.0 Å². The molecule has 1 unspecified atom stereocenters. The van der Waals surface area contributed by atoms with E-state index < -0.39 is 10.0 Å². The van der Waals surface area contributed by atoms with Crippen LogP contribution in [0.5, 0.6) is 0 Å². The summed E-state index contributed by atoms with van der Waals surface area (Å²) >= 11 is 0. The number of nitrogen functional groups attached to an aromatic ring is 1. The van der Waals surface area contributed by atoms with E-state index in [0.29, 0.717) is 12.1 Å². The van der Waals surface area contributed by atoms with Gasteiger partial charge in [-0.25, -0.2) is 13.6 Å². The lowest BCUT2D eigenvalue weighted by Gasteiger charge is -2.12. The van der Waals surface area contributed by atoms with E-state index in [0.717, 1.165) is 5.56 Å². The number of hydrogen-bond donors (Lipinski definition) is 3. The number of sulfonamides is 1. The Labute approximate surface area is 113 Å². The van der Waals surface area contributed by atoms with Crippen LogP contribution in [0.1, 0.15) is 24.8 Å². The van der Waals surface area contributed by atoms with E-state index in [1.165, 1.54) is 0 Å². The molecule has 106 valence electrons. The van der Waals surface area contributed by atoms with Gasteiger partial charge < -0.3 is 11.1 Å². The molecule has 7 heteroatoms. The van der Waals surface area contributed by atoms with Gasteiger partial charge in [0.2, 0.25) is 15.9 Å². The lowest BCUT2D eigenvalue weighted by molar-refractivity contribution is -0.122. The van der Waals surface area contributed by atoms with Gasteiger partial charge in [0.05, 0.1) is 11.7 Å². The van der Waals surface area contributed by atoms with Gasteiger partial charge in [-0.1, -0.05) is 12.1 Å². The highest BCUT2D eigenvalue weighted by Crippen LogP contribution is 2.17. The van der Waals surface area contributed by atoms with Crippen LogP contribution in [0.2, 0.25) is 0 Å². The third-order valence-electron chi connectivity index (χ3n) is 2.71. The zero-order valence-corrected chi connectivity index (χ0v) is 11.6. The zero-order chi connectivity index (χ0) is 14.5. The molecule has 0 aliphatic carbocycles. The largest absolute Gasteiger partial charge is 0.399 e. The summed E-state index contributed by atoms with van der Waals surface area (Å²) in [5.41, 5.74) is 7.08. The first-order valence-corrected chi connectivity index (χ1v) is 7.65. The summed E-state index contributed by atoms with van der Waals surface area (Å²) in [6, 6.07) is 7.11. The van der Waals surface area contributed by atoms with Crippen LogP contribution in [-0.2, 0) is 14.8 Å². The Bertz CT molecular complexity index is 543. The zero-order valence-electron chi connectivity index (χ0n) is 10.8. The summed E-state index contributed by atoms with van der Waals surface area (Å²) in [6.45, 7) is 2.05. The van der Waals surface area contributed by atoms with Crippen LogP contribution in [0.15, 0.2) is 24.3 Å². The van der Waals surface area contributed by atoms with Crippen LogP contribution in [-0.4, -0.2) is 26.6 Å². The Morgan fingerprint density at radius 1 is 1.42 bits per heavy atom. The maximum absolute atomic E-state index is 11.8. The monoisotopic (exact) mass is 285 g/mol. The highest BCUT2D eigenvalue weighted by atomic mass is 32.2. The summed E-state index contributed by atoms with van der Waals surface area (Å²) < 4.78 is 21.4. The maximum Gasteiger partial charge on any atom is 0.227 e. The summed E-state index contributed by atoms with van der Waals surface area (Å²) in [5.74, 6) is -0.641. The van der Waals surface area contributed by atoms with Crippen LogP contribution in [0.4, 0.5) is 5.69 Å². The minimum Gasteiger partial charge on any atom is -0.399 e. The maximum atomic E-state index is 11.8. The number of nitrogens with one attached hydrogen (secondary N) is 1. The van der Waals surface area contributed by atoms with Crippen LogP contribution >= 0.6 is 0 Å². The molecule has 5 N–H and O–H groups in total. The van der Waals surface area contributed by atoms with Gasteiger partial charge in [0.1, 0.15) is 0 Å². The molecule has 0 bridgehead atoms. The average molecular weight is 285 g/mol. The van der Waals surface area contributed by atoms with Gasteiger partial charge in [0, 0.05) is 12.2 Å². The Morgan fingerprint density at radius 2 is 2.11 bits per heavy atom. The summed E-state index contributed by atoms with van der Waals surface area (Å²) in [7, 11) is -3.47. The van der Waals surface area contributed by atoms with Crippen molar-refractivity contribution in [3.63, 3.8) is 0 Å². The fourth-order valence-corrected chi connectivity index (χ4v) is 2.16. The molecule has 0 spiro atoms. The van der Waals surface area contributed by atoms with Gasteiger partial charge in [-0.3, -0.25) is 4.79 Å². The first-order chi connectivity index (χ1) is 8.79. The number of primary sulfonamides is 1. The lowest BCUT2D eigenvalue weighted by Crippen LogP contribution is -2.30. The van der Waals surface area contributed by atoms with E-state index in [1.54, 1.807) is 25.1 Å². The van der Waals surface area contributed by atoms with Crippen molar-refractivity contribution in [3.05, 3.63) is 29.8 Å². The molecule has 1 aromatic rings. The molecule has 0 radical (unpaired) electrons. The number of rotatable bonds is 6. The highest BCUT2D eigenvalue weighted by molar-refractivity contribution is 7.89. The normalized spacial score (nSPS) is 12.9. The molecule has 1 aromatic carbocycles. The van der Waals surface area contributed by atoms with Gasteiger partial charge in [0.25, 0.3) is 0 Å². The Balaban J connectivity index is 2.45. The second-order valence-corrected chi connectivity index (χ2v) is 6.14. The second-order valence-electron chi connectivity index (χ2n) is 4.40. The van der Waals surface area contributed by atoms with Crippen LogP contribution in [0.3, 0.4) is 0 Å². The lowest BCUT2D eigenvalue weighted by atomic mass is 10.00. The van der Waals surface area contributed by atoms with Gasteiger partial charge in [-0.2, -0.15) is 0 Å². The SMILES string of the molecule is CC(C(=O)NCCCS(N)(=O)=O)c1cccc(N)c1. The number of anilines is 1. The minimum atomic E-state index is -3.47. The summed E-state index contributed by atoms with van der Waals surface area (Å²) in [4.78, 5) is 11.8. The molecule has 0 aliphatic heterocycles. The molecule has 0 saturated heterocycles. The Morgan fingerprint density at radius 3 is 2.68 bits per heavy atom. The molecule has 19 heavy (non-hydrogen) atoms. The highest BCUT2D eigenvalue weighted by Gasteiger charge is 2.14. The van der Waals surface area contributed by atoms with Gasteiger partial charge in [0.15, 0.2) is 0 Å². The van der Waals surface area contributed by atoms with Gasteiger partial charge in [-0.15, -0.1) is 0 Å². The van der Waals surface area contributed by atoms with Crippen molar-refractivity contribution in [3.8, 4) is 0 Å². The van der Waals surface area contributed by atoms with Gasteiger partial charge >= 0.3 is 0 Å². The Kier molecular flexibility index (Phi) is 5.31. The number of amides is 1. The van der Waals surface area contributed by atoms with Crippen LogP contribution in [0.25, 0.3) is 0 Å². The van der Waals surface area contributed by atoms with E-state index in [4.69, 9.17) is 10.9 Å². The van der Waals surface area contributed by atoms with Crippen LogP contribution < -0.4 is 16.2 Å². The molecule has 0 aromatic heterocycles. The molecule has 6 nitrogen and oxygen atoms in total. The summed E-state index contributed by atoms with van der Waals surface area (Å²) in [5, 5.41) is 7.54. The number of nitrogens with two attached hydrogens (primary N) is 2. The fraction of sp³-hybridized carbons (Fsp3) is 0.417. The van der Waals surface area contributed by atoms with Gasteiger partial charge in [-0.05, 0) is 31.0 Å². The van der Waals surface area contributed by atoms with E-state index in [9.17, 15) is 13.2 Å². The van der Waals surface area contributed by atoms with Crippen molar-refractivity contribution in [1.29, 1.82) is 0 Å². The number of carbonyl (C=O) groups excluding carboxylic acids is 1. The standard InChI is InChI=1S/C12H19N3O3S/c1-9(10-4-2-5-11(13)8-10)12(16)15-6-3-7-19(14,17)18/h2,4-5,8-9H,3,6-7,13H2,1H3,(H,15,16)(H2,14,17,18). The molecule has 0 heterocycles. The molecular weight excluding hydrogens is 266 g/mol. The van der Waals surface area contributed by atoms with Crippen molar-refractivity contribution in [1.82, 2.24) is 5.32 Å². The first kappa shape index (κ1) is 15.5. The second kappa shape index (κ2) is 6.53. The minimum absolute atomic E-state index is 0.139. The quantitative estimate of drug-likeness (QED) is 0.510. The molecule has 1 amide bonds. The topological polar surface area (TPSA) is 115 Å². The molecule has 1 atom stereocenters. The van der Waals surface area contributed by atoms with Crippen molar-refractivity contribution < 1.29 is 13.2 Å². The van der Waals surface area contributed by atoms with E-state index in [2.05, 4.69) is 5.32 Å². The fourth-order valence-electron chi connectivity index (χ4n) is 1.62. The molecule has 0 saturated carbocycles. The van der Waals surface area contributed by atoms with E-state index in [-0.39, 0.29) is 24.1 Å². The first-order valence-electron chi connectivity index (χ1n) is 5.93. The number of carbonyl (C=O) groups is 1. The average Bonchev–Trinajstić information content (AvgIpc) is 2.32. The Hall–Kier alpha value is -1.60. The molecule has 0 aliphatic rings. The molecular formula is C12H19N3O3S. The molecule has 1 rings (SSSR count). The molecule has 0 fully saturated rings.